The van der Waals surface area contributed by atoms with Gasteiger partial charge in [-0.05, 0) is 44.8 Å². The first-order valence-corrected chi connectivity index (χ1v) is 14.8. The Bertz CT molecular complexity index is 1300. The van der Waals surface area contributed by atoms with Crippen molar-refractivity contribution in [2.45, 2.75) is 31.6 Å². The number of hydrogen-bond acceptors (Lipinski definition) is 8. The van der Waals surface area contributed by atoms with Gasteiger partial charge in [-0.2, -0.15) is 4.31 Å². The Morgan fingerprint density at radius 3 is 2.26 bits per heavy atom. The van der Waals surface area contributed by atoms with Gasteiger partial charge in [0.15, 0.2) is 16.6 Å². The number of rotatable bonds is 11. The van der Waals surface area contributed by atoms with Gasteiger partial charge in [0.25, 0.3) is 5.91 Å². The number of anilines is 1. The highest BCUT2D eigenvalue weighted by molar-refractivity contribution is 7.89. The van der Waals surface area contributed by atoms with Crippen LogP contribution in [0.25, 0.3) is 10.2 Å². The van der Waals surface area contributed by atoms with Gasteiger partial charge in [-0.25, -0.2) is 13.4 Å². The van der Waals surface area contributed by atoms with Crippen molar-refractivity contribution >= 4 is 55.0 Å². The van der Waals surface area contributed by atoms with E-state index in [2.05, 4.69) is 0 Å². The van der Waals surface area contributed by atoms with Gasteiger partial charge in [0.05, 0.1) is 15.1 Å². The number of nitrogens with zero attached hydrogens (tertiary/aromatic N) is 4. The summed E-state index contributed by atoms with van der Waals surface area (Å²) in [6.07, 6.45) is 1.71. The third kappa shape index (κ3) is 6.58. The Morgan fingerprint density at radius 2 is 1.66 bits per heavy atom. The molecule has 0 bridgehead atoms. The molecule has 12 heteroatoms. The number of aromatic nitrogens is 1. The van der Waals surface area contributed by atoms with Crippen LogP contribution < -0.4 is 14.4 Å². The molecule has 9 nitrogen and oxygen atoms in total. The normalized spacial score (nSPS) is 13.1. The number of carbonyl (C=O) groups is 1. The fourth-order valence-corrected chi connectivity index (χ4v) is 6.50. The van der Waals surface area contributed by atoms with Gasteiger partial charge in [0, 0.05) is 43.9 Å². The zero-order chi connectivity index (χ0) is 26.6. The van der Waals surface area contributed by atoms with E-state index in [9.17, 15) is 13.2 Å². The van der Waals surface area contributed by atoms with E-state index in [1.54, 1.807) is 17.0 Å². The number of fused-ring (bicyclic) bond motifs is 2. The van der Waals surface area contributed by atoms with Crippen molar-refractivity contribution < 1.29 is 22.7 Å². The molecule has 0 spiro atoms. The molecular formula is C26H35ClN4O5S2. The summed E-state index contributed by atoms with van der Waals surface area (Å²) < 4.78 is 39.9. The lowest BCUT2D eigenvalue weighted by Gasteiger charge is -2.23. The van der Waals surface area contributed by atoms with Crippen LogP contribution in [0, 0.1) is 0 Å². The minimum atomic E-state index is -3.62. The van der Waals surface area contributed by atoms with Gasteiger partial charge in [0.1, 0.15) is 13.2 Å². The molecule has 1 aliphatic rings. The Morgan fingerprint density at radius 1 is 1.00 bits per heavy atom. The fourth-order valence-electron chi connectivity index (χ4n) is 4.01. The number of carbonyl (C=O) groups excluding carboxylic acids is 1. The summed E-state index contributed by atoms with van der Waals surface area (Å²) in [4.78, 5) is 22.2. The largest absolute Gasteiger partial charge is 0.486 e. The summed E-state index contributed by atoms with van der Waals surface area (Å²) in [6, 6.07) is 9.94. The molecule has 1 amide bonds. The van der Waals surface area contributed by atoms with Gasteiger partial charge in [0.2, 0.25) is 10.0 Å². The van der Waals surface area contributed by atoms with Gasteiger partial charge in [-0.1, -0.05) is 31.6 Å². The molecule has 1 aromatic heterocycles. The molecule has 0 radical (unpaired) electrons. The van der Waals surface area contributed by atoms with Crippen LogP contribution in [-0.2, 0) is 10.0 Å². The molecule has 2 aromatic carbocycles. The molecule has 0 N–H and O–H groups in total. The van der Waals surface area contributed by atoms with E-state index in [4.69, 9.17) is 14.5 Å². The van der Waals surface area contributed by atoms with Crippen LogP contribution in [-0.4, -0.2) is 82.0 Å². The zero-order valence-electron chi connectivity index (χ0n) is 22.2. The van der Waals surface area contributed by atoms with Crippen molar-refractivity contribution in [3.05, 3.63) is 42.0 Å². The maximum absolute atomic E-state index is 13.6. The highest BCUT2D eigenvalue weighted by atomic mass is 35.5. The Hall–Kier alpha value is -2.44. The van der Waals surface area contributed by atoms with Crippen molar-refractivity contribution in [2.24, 2.45) is 0 Å². The Labute approximate surface area is 234 Å². The number of likely N-dealkylation sites (N-methyl/N-ethyl adjacent to an activating group) is 1. The molecule has 208 valence electrons. The van der Waals surface area contributed by atoms with Crippen LogP contribution in [0.2, 0.25) is 0 Å². The standard InChI is InChI=1S/C26H34N4O5S2.ClH/c1-5-7-12-29(6-2)37(32,33)20-10-8-19(9-11-20)25(31)30(14-13-28(3)4)26-27-21-17-22-23(18-24(21)36-26)35-16-15-34-22;/h8-11,17-18H,5-7,12-16H2,1-4H3;1H. The highest BCUT2D eigenvalue weighted by Gasteiger charge is 2.26. The van der Waals surface area contributed by atoms with Gasteiger partial charge in [-0.3, -0.25) is 9.69 Å². The number of benzene rings is 2. The Kier molecular flexibility index (Phi) is 10.4. The molecule has 2 heterocycles. The molecule has 3 aromatic rings. The number of sulfonamides is 1. The van der Waals surface area contributed by atoms with Gasteiger partial charge >= 0.3 is 0 Å². The summed E-state index contributed by atoms with van der Waals surface area (Å²) in [7, 11) is 0.274. The van der Waals surface area contributed by atoms with E-state index < -0.39 is 10.0 Å². The average molecular weight is 583 g/mol. The van der Waals surface area contributed by atoms with Crippen molar-refractivity contribution in [3.8, 4) is 11.5 Å². The quantitative estimate of drug-likeness (QED) is 0.328. The molecule has 0 fully saturated rings. The first kappa shape index (κ1) is 30.1. The van der Waals surface area contributed by atoms with Crippen LogP contribution in [0.3, 0.4) is 0 Å². The number of halogens is 1. The van der Waals surface area contributed by atoms with E-state index in [0.29, 0.717) is 61.6 Å². The van der Waals surface area contributed by atoms with Crippen molar-refractivity contribution in [1.82, 2.24) is 14.2 Å². The summed E-state index contributed by atoms with van der Waals surface area (Å²) in [5, 5.41) is 0.567. The SMILES string of the molecule is CCCCN(CC)S(=O)(=O)c1ccc(C(=O)N(CCN(C)C)c2nc3cc4c(cc3s2)OCCO4)cc1.Cl. The van der Waals surface area contributed by atoms with E-state index in [-0.39, 0.29) is 23.2 Å². The van der Waals surface area contributed by atoms with E-state index >= 15 is 0 Å². The number of thiazole rings is 1. The summed E-state index contributed by atoms with van der Waals surface area (Å²) in [6.45, 7) is 6.80. The predicted molar refractivity (Wildman–Crippen MR) is 154 cm³/mol. The van der Waals surface area contributed by atoms with Crippen molar-refractivity contribution in [2.75, 3.05) is 58.4 Å². The lowest BCUT2D eigenvalue weighted by atomic mass is 10.2. The van der Waals surface area contributed by atoms with Crippen LogP contribution in [0.1, 0.15) is 37.0 Å². The third-order valence-electron chi connectivity index (χ3n) is 6.14. The maximum Gasteiger partial charge on any atom is 0.260 e. The molecule has 0 unspecified atom stereocenters. The van der Waals surface area contributed by atoms with Crippen LogP contribution in [0.15, 0.2) is 41.3 Å². The lowest BCUT2D eigenvalue weighted by molar-refractivity contribution is 0.0985. The Balaban J connectivity index is 0.00000400. The number of hydrogen-bond donors (Lipinski definition) is 0. The lowest BCUT2D eigenvalue weighted by Crippen LogP contribution is -2.36. The average Bonchev–Trinajstić information content (AvgIpc) is 3.29. The molecule has 1 aliphatic heterocycles. The highest BCUT2D eigenvalue weighted by Crippen LogP contribution is 2.39. The van der Waals surface area contributed by atoms with Crippen LogP contribution >= 0.6 is 23.7 Å². The summed E-state index contributed by atoms with van der Waals surface area (Å²) in [5.41, 5.74) is 1.14. The predicted octanol–water partition coefficient (Wildman–Crippen LogP) is 4.51. The van der Waals surface area contributed by atoms with E-state index in [1.165, 1.54) is 27.8 Å². The van der Waals surface area contributed by atoms with E-state index in [1.807, 2.05) is 45.0 Å². The second kappa shape index (κ2) is 13.1. The smallest absolute Gasteiger partial charge is 0.260 e. The summed E-state index contributed by atoms with van der Waals surface area (Å²) >= 11 is 1.41. The minimum Gasteiger partial charge on any atom is -0.486 e. The summed E-state index contributed by atoms with van der Waals surface area (Å²) in [5.74, 6) is 1.09. The molecule has 0 saturated heterocycles. The van der Waals surface area contributed by atoms with Crippen LogP contribution in [0.4, 0.5) is 5.13 Å². The second-order valence-electron chi connectivity index (χ2n) is 9.09. The zero-order valence-corrected chi connectivity index (χ0v) is 24.6. The fraction of sp³-hybridized carbons (Fsp3) is 0.462. The van der Waals surface area contributed by atoms with Crippen LogP contribution in [0.5, 0.6) is 11.5 Å². The van der Waals surface area contributed by atoms with Crippen molar-refractivity contribution in [3.63, 3.8) is 0 Å². The minimum absolute atomic E-state index is 0. The van der Waals surface area contributed by atoms with Crippen molar-refractivity contribution in [1.29, 1.82) is 0 Å². The number of unbranched alkanes of at least 4 members (excludes halogenated alkanes) is 1. The van der Waals surface area contributed by atoms with E-state index in [0.717, 1.165) is 23.1 Å². The molecule has 38 heavy (non-hydrogen) atoms. The molecule has 0 saturated carbocycles. The second-order valence-corrected chi connectivity index (χ2v) is 12.0. The number of ether oxygens (including phenoxy) is 2. The molecule has 0 atom stereocenters. The van der Waals surface area contributed by atoms with Gasteiger partial charge < -0.3 is 14.4 Å². The molecule has 4 rings (SSSR count). The third-order valence-corrected chi connectivity index (χ3v) is 9.17. The molecular weight excluding hydrogens is 548 g/mol. The topological polar surface area (TPSA) is 92.3 Å². The first-order chi connectivity index (χ1) is 17.7. The first-order valence-electron chi connectivity index (χ1n) is 12.5. The van der Waals surface area contributed by atoms with Gasteiger partial charge in [-0.15, -0.1) is 12.4 Å². The molecule has 0 aliphatic carbocycles. The maximum atomic E-state index is 13.6. The monoisotopic (exact) mass is 582 g/mol. The number of amides is 1.